The van der Waals surface area contributed by atoms with Crippen molar-refractivity contribution >= 4 is 26.5 Å². The van der Waals surface area contributed by atoms with Crippen LogP contribution in [0.25, 0.3) is 22.2 Å². The van der Waals surface area contributed by atoms with E-state index >= 15 is 0 Å². The number of carbonyl (C=O) groups is 1. The normalized spacial score (nSPS) is 22.0. The lowest BCUT2D eigenvalue weighted by Gasteiger charge is -2.09. The Hall–Kier alpha value is -2.47. The summed E-state index contributed by atoms with van der Waals surface area (Å²) in [4.78, 5) is 20.9. The number of aromatic amines is 1. The second kappa shape index (κ2) is 5.02. The Morgan fingerprint density at radius 3 is 2.96 bits per heavy atom. The fraction of sp³-hybridized carbons (Fsp3) is 0.263. The van der Waals surface area contributed by atoms with Gasteiger partial charge in [0.25, 0.3) is 0 Å². The monoisotopic (exact) mass is 351 g/mol. The summed E-state index contributed by atoms with van der Waals surface area (Å²) in [6.45, 7) is 0.458. The molecule has 25 heavy (non-hydrogen) atoms. The number of H-pyrrole nitrogens is 1. The van der Waals surface area contributed by atoms with Crippen LogP contribution in [0.2, 0.25) is 0 Å². The van der Waals surface area contributed by atoms with E-state index in [0.29, 0.717) is 6.54 Å². The number of carbonyl (C=O) groups excluding carboxylic acids is 1. The number of pyridine rings is 1. The molecule has 2 aromatic heterocycles. The zero-order valence-corrected chi connectivity index (χ0v) is 14.6. The van der Waals surface area contributed by atoms with Crippen LogP contribution >= 0.6 is 0 Å². The van der Waals surface area contributed by atoms with E-state index in [1.54, 1.807) is 18.6 Å². The van der Waals surface area contributed by atoms with Gasteiger partial charge in [-0.15, -0.1) is 0 Å². The number of rotatable bonds is 3. The molecule has 5 rings (SSSR count). The minimum atomic E-state index is -2.30. The molecule has 1 N–H and O–H groups in total. The smallest absolute Gasteiger partial charge is 0.168 e. The Morgan fingerprint density at radius 1 is 1.32 bits per heavy atom. The Morgan fingerprint density at radius 2 is 2.16 bits per heavy atom. The van der Waals surface area contributed by atoms with E-state index in [0.717, 1.165) is 51.0 Å². The number of Topliss-reactive ketones (excluding diaryl/α,β-unsaturated/α-hetero) is 1. The highest BCUT2D eigenvalue weighted by atomic mass is 32.2. The van der Waals surface area contributed by atoms with E-state index in [1.807, 2.05) is 24.3 Å². The number of benzene rings is 1. The van der Waals surface area contributed by atoms with E-state index in [9.17, 15) is 9.00 Å². The molecule has 1 saturated carbocycles. The summed E-state index contributed by atoms with van der Waals surface area (Å²) in [5.41, 5.74) is 4.38. The number of aromatic nitrogens is 2. The van der Waals surface area contributed by atoms with Gasteiger partial charge in [-0.25, -0.2) is 13.6 Å². The Kier molecular flexibility index (Phi) is 2.98. The summed E-state index contributed by atoms with van der Waals surface area (Å²) < 4.78 is 16.9. The topological polar surface area (TPSA) is 75.2 Å². The summed E-state index contributed by atoms with van der Waals surface area (Å²) in [6.07, 6.45) is 7.22. The maximum absolute atomic E-state index is 12.6. The van der Waals surface area contributed by atoms with Gasteiger partial charge < -0.3 is 4.98 Å². The molecule has 1 atom stereocenters. The van der Waals surface area contributed by atoms with Crippen molar-refractivity contribution in [1.29, 1.82) is 0 Å². The average Bonchev–Trinajstić information content (AvgIpc) is 3.31. The first-order valence-corrected chi connectivity index (χ1v) is 10.3. The molecule has 3 heterocycles. The highest BCUT2D eigenvalue weighted by Gasteiger charge is 2.32. The quantitative estimate of drug-likeness (QED) is 0.730. The number of nitrogens with one attached hydrogen (secondary N) is 1. The van der Waals surface area contributed by atoms with Gasteiger partial charge in [0.05, 0.1) is 21.2 Å². The zero-order valence-electron chi connectivity index (χ0n) is 13.8. The molecule has 0 bridgehead atoms. The van der Waals surface area contributed by atoms with Crippen molar-refractivity contribution in [1.82, 2.24) is 9.97 Å². The molecule has 0 saturated heterocycles. The van der Waals surface area contributed by atoms with Gasteiger partial charge in [0.2, 0.25) is 0 Å². The van der Waals surface area contributed by atoms with E-state index in [1.165, 1.54) is 0 Å². The van der Waals surface area contributed by atoms with Gasteiger partial charge >= 0.3 is 0 Å². The van der Waals surface area contributed by atoms with Crippen LogP contribution in [-0.4, -0.2) is 26.2 Å². The molecule has 6 heteroatoms. The minimum Gasteiger partial charge on any atom is -0.345 e. The van der Waals surface area contributed by atoms with Crippen molar-refractivity contribution in [2.75, 3.05) is 6.26 Å². The van der Waals surface area contributed by atoms with Crippen LogP contribution in [0.5, 0.6) is 0 Å². The lowest BCUT2D eigenvalue weighted by molar-refractivity contribution is 0.0969. The predicted octanol–water partition coefficient (Wildman–Crippen LogP) is 3.79. The predicted molar refractivity (Wildman–Crippen MR) is 97.0 cm³/mol. The largest absolute Gasteiger partial charge is 0.345 e. The van der Waals surface area contributed by atoms with Gasteiger partial charge in [0.15, 0.2) is 5.78 Å². The third kappa shape index (κ3) is 2.24. The zero-order chi connectivity index (χ0) is 17.2. The minimum absolute atomic E-state index is 0.173. The highest BCUT2D eigenvalue weighted by Crippen LogP contribution is 2.37. The second-order valence-electron chi connectivity index (χ2n) is 6.83. The fourth-order valence-electron chi connectivity index (χ4n) is 3.53. The van der Waals surface area contributed by atoms with Gasteiger partial charge in [-0.2, -0.15) is 0 Å². The molecule has 0 amide bonds. The summed E-state index contributed by atoms with van der Waals surface area (Å²) in [5, 5.41) is 0.860. The van der Waals surface area contributed by atoms with Gasteiger partial charge in [0.1, 0.15) is 5.65 Å². The van der Waals surface area contributed by atoms with E-state index < -0.39 is 9.73 Å². The molecule has 3 aromatic rings. The van der Waals surface area contributed by atoms with Crippen LogP contribution in [0.15, 0.2) is 45.9 Å². The molecule has 1 aromatic carbocycles. The lowest BCUT2D eigenvalue weighted by atomic mass is 9.99. The molecule has 1 aliphatic carbocycles. The van der Waals surface area contributed by atoms with Crippen LogP contribution in [0.1, 0.15) is 28.8 Å². The number of hydrogen-bond donors (Lipinski definition) is 1. The van der Waals surface area contributed by atoms with Gasteiger partial charge in [0, 0.05) is 41.1 Å². The molecule has 2 aliphatic rings. The van der Waals surface area contributed by atoms with Crippen LogP contribution < -0.4 is 0 Å². The third-order valence-electron chi connectivity index (χ3n) is 5.07. The van der Waals surface area contributed by atoms with Crippen LogP contribution in [0.3, 0.4) is 0 Å². The van der Waals surface area contributed by atoms with Gasteiger partial charge in [-0.1, -0.05) is 12.1 Å². The van der Waals surface area contributed by atoms with E-state index in [2.05, 4.69) is 14.3 Å². The molecule has 1 aliphatic heterocycles. The first-order valence-electron chi connectivity index (χ1n) is 8.36. The summed E-state index contributed by atoms with van der Waals surface area (Å²) in [7, 11) is -2.30. The molecule has 1 unspecified atom stereocenters. The summed E-state index contributed by atoms with van der Waals surface area (Å²) in [6, 6.07) is 7.82. The van der Waals surface area contributed by atoms with Crippen molar-refractivity contribution in [3.8, 4) is 11.1 Å². The molecule has 126 valence electrons. The van der Waals surface area contributed by atoms with Crippen molar-refractivity contribution in [2.45, 2.75) is 24.3 Å². The number of ketones is 1. The molecular weight excluding hydrogens is 334 g/mol. The number of nitrogens with zero attached hydrogens (tertiary/aromatic N) is 2. The van der Waals surface area contributed by atoms with Crippen molar-refractivity contribution in [3.05, 3.63) is 47.8 Å². The Bertz CT molecular complexity index is 1160. The van der Waals surface area contributed by atoms with Crippen molar-refractivity contribution in [3.63, 3.8) is 0 Å². The van der Waals surface area contributed by atoms with Crippen molar-refractivity contribution < 1.29 is 9.00 Å². The standard InChI is InChI=1S/C19H17N3O2S/c1-25(24)17-4-2-3-13(15(17)10-22-25)12-7-14-16(18(23)11-5-6-11)9-21-19(14)20-8-12/h2-4,7-9,11H,5-6,10H2,1H3,(H,20,21). The Balaban J connectivity index is 1.68. The van der Waals surface area contributed by atoms with Crippen LogP contribution in [-0.2, 0) is 16.3 Å². The number of fused-ring (bicyclic) bond motifs is 2. The first kappa shape index (κ1) is 14.8. The maximum atomic E-state index is 12.6. The third-order valence-corrected chi connectivity index (χ3v) is 6.89. The van der Waals surface area contributed by atoms with Crippen LogP contribution in [0, 0.1) is 5.92 Å². The summed E-state index contributed by atoms with van der Waals surface area (Å²) >= 11 is 0. The Labute approximate surface area is 145 Å². The van der Waals surface area contributed by atoms with Crippen molar-refractivity contribution in [2.24, 2.45) is 10.3 Å². The summed E-state index contributed by atoms with van der Waals surface area (Å²) in [5.74, 6) is 0.377. The highest BCUT2D eigenvalue weighted by molar-refractivity contribution is 7.93. The fourth-order valence-corrected chi connectivity index (χ4v) is 5.01. The SMILES string of the molecule is CS1(=O)=NCc2c(-c3cnc4[nH]cc(C(=O)C5CC5)c4c3)cccc21. The molecule has 1 fully saturated rings. The second-order valence-corrected chi connectivity index (χ2v) is 9.14. The molecule has 0 radical (unpaired) electrons. The molecular formula is C19H17N3O2S. The van der Waals surface area contributed by atoms with E-state index in [-0.39, 0.29) is 11.7 Å². The molecule has 5 nitrogen and oxygen atoms in total. The van der Waals surface area contributed by atoms with E-state index in [4.69, 9.17) is 0 Å². The first-order chi connectivity index (χ1) is 12.0. The maximum Gasteiger partial charge on any atom is 0.168 e. The number of hydrogen-bond acceptors (Lipinski definition) is 4. The average molecular weight is 351 g/mol. The van der Waals surface area contributed by atoms with Crippen LogP contribution in [0.4, 0.5) is 0 Å². The van der Waals surface area contributed by atoms with Gasteiger partial charge in [-0.3, -0.25) is 4.79 Å². The molecule has 0 spiro atoms. The van der Waals surface area contributed by atoms with Gasteiger partial charge in [-0.05, 0) is 36.1 Å². The lowest BCUT2D eigenvalue weighted by Crippen LogP contribution is -2.00.